The molecule has 0 unspecified atom stereocenters. The Balaban J connectivity index is 1.83. The molecule has 0 radical (unpaired) electrons. The molecule has 5 heteroatoms. The molecule has 0 N–H and O–H groups in total. The summed E-state index contributed by atoms with van der Waals surface area (Å²) in [5.74, 6) is -0.378. The second-order valence-corrected chi connectivity index (χ2v) is 5.56. The lowest BCUT2D eigenvalue weighted by molar-refractivity contribution is -0.171. The first-order chi connectivity index (χ1) is 9.58. The van der Waals surface area contributed by atoms with Crippen molar-refractivity contribution in [2.24, 2.45) is 0 Å². The Labute approximate surface area is 122 Å². The van der Waals surface area contributed by atoms with Crippen LogP contribution in [0.15, 0.2) is 41.2 Å². The third kappa shape index (κ3) is 4.15. The van der Waals surface area contributed by atoms with Crippen LogP contribution in [0.25, 0.3) is 0 Å². The average Bonchev–Trinajstić information content (AvgIpc) is 2.97. The molecule has 0 saturated carbocycles. The van der Waals surface area contributed by atoms with Gasteiger partial charge in [-0.15, -0.1) is 11.3 Å². The number of benzene rings is 1. The van der Waals surface area contributed by atoms with E-state index in [1.54, 1.807) is 19.4 Å². The lowest BCUT2D eigenvalue weighted by Gasteiger charge is -2.22. The number of nitrogens with zero attached hydrogens (tertiary/aromatic N) is 1. The van der Waals surface area contributed by atoms with Gasteiger partial charge >= 0.3 is 5.97 Å². The van der Waals surface area contributed by atoms with Crippen molar-refractivity contribution in [1.82, 2.24) is 4.98 Å². The highest BCUT2D eigenvalue weighted by atomic mass is 32.1. The Morgan fingerprint density at radius 3 is 2.65 bits per heavy atom. The topological polar surface area (TPSA) is 48.4 Å². The quantitative estimate of drug-likeness (QED) is 0.767. The van der Waals surface area contributed by atoms with E-state index in [1.807, 2.05) is 35.7 Å². The maximum absolute atomic E-state index is 12.0. The van der Waals surface area contributed by atoms with Gasteiger partial charge in [-0.3, -0.25) is 0 Å². The van der Waals surface area contributed by atoms with Crippen molar-refractivity contribution in [2.45, 2.75) is 32.7 Å². The molecule has 2 aromatic rings. The standard InChI is InChI=1S/C15H17NO3S/c1-15(2,19-9-13-10-20-11-16-13)14(17)18-8-12-6-4-3-5-7-12/h3-7,10-11H,8-9H2,1-2H3. The van der Waals surface area contributed by atoms with Crippen molar-refractivity contribution in [3.63, 3.8) is 0 Å². The van der Waals surface area contributed by atoms with Gasteiger partial charge in [-0.25, -0.2) is 9.78 Å². The van der Waals surface area contributed by atoms with Crippen molar-refractivity contribution >= 4 is 17.3 Å². The predicted molar refractivity (Wildman–Crippen MR) is 77.2 cm³/mol. The normalized spacial score (nSPS) is 11.3. The molecular weight excluding hydrogens is 274 g/mol. The summed E-state index contributed by atoms with van der Waals surface area (Å²) >= 11 is 1.50. The fraction of sp³-hybridized carbons (Fsp3) is 0.333. The van der Waals surface area contributed by atoms with E-state index in [2.05, 4.69) is 4.98 Å². The third-order valence-corrected chi connectivity index (χ3v) is 3.40. The number of carbonyl (C=O) groups excluding carboxylic acids is 1. The predicted octanol–water partition coefficient (Wildman–Crippen LogP) is 3.18. The van der Waals surface area contributed by atoms with Crippen LogP contribution in [0.3, 0.4) is 0 Å². The lowest BCUT2D eigenvalue weighted by Crippen LogP contribution is -2.36. The van der Waals surface area contributed by atoms with Crippen LogP contribution >= 0.6 is 11.3 Å². The number of esters is 1. The van der Waals surface area contributed by atoms with Gasteiger partial charge in [0.1, 0.15) is 6.61 Å². The first kappa shape index (κ1) is 14.7. The summed E-state index contributed by atoms with van der Waals surface area (Å²) in [6.45, 7) is 3.96. The number of rotatable bonds is 6. The summed E-state index contributed by atoms with van der Waals surface area (Å²) in [6.07, 6.45) is 0. The average molecular weight is 291 g/mol. The monoisotopic (exact) mass is 291 g/mol. The summed E-state index contributed by atoms with van der Waals surface area (Å²) in [5.41, 5.74) is 2.52. The van der Waals surface area contributed by atoms with E-state index in [-0.39, 0.29) is 12.6 Å². The van der Waals surface area contributed by atoms with Gasteiger partial charge in [0, 0.05) is 5.38 Å². The van der Waals surface area contributed by atoms with Crippen LogP contribution in [0.5, 0.6) is 0 Å². The maximum Gasteiger partial charge on any atom is 0.338 e. The summed E-state index contributed by atoms with van der Waals surface area (Å²) in [5, 5.41) is 1.89. The number of aromatic nitrogens is 1. The van der Waals surface area contributed by atoms with Gasteiger partial charge in [-0.1, -0.05) is 30.3 Å². The smallest absolute Gasteiger partial charge is 0.338 e. The van der Waals surface area contributed by atoms with E-state index in [4.69, 9.17) is 9.47 Å². The van der Waals surface area contributed by atoms with E-state index in [1.165, 1.54) is 11.3 Å². The van der Waals surface area contributed by atoms with E-state index in [9.17, 15) is 4.79 Å². The Kier molecular flexibility index (Phi) is 4.87. The molecule has 20 heavy (non-hydrogen) atoms. The van der Waals surface area contributed by atoms with Crippen molar-refractivity contribution in [1.29, 1.82) is 0 Å². The Morgan fingerprint density at radius 2 is 2.00 bits per heavy atom. The first-order valence-electron chi connectivity index (χ1n) is 6.30. The highest BCUT2D eigenvalue weighted by Crippen LogP contribution is 2.16. The van der Waals surface area contributed by atoms with Crippen molar-refractivity contribution in [3.05, 3.63) is 52.5 Å². The molecule has 0 aliphatic carbocycles. The minimum Gasteiger partial charge on any atom is -0.459 e. The fourth-order valence-electron chi connectivity index (χ4n) is 1.52. The number of thiazole rings is 1. The SMILES string of the molecule is CC(C)(OCc1cscn1)C(=O)OCc1ccccc1. The first-order valence-corrected chi connectivity index (χ1v) is 7.24. The molecule has 1 aromatic carbocycles. The van der Waals surface area contributed by atoms with E-state index in [0.29, 0.717) is 6.61 Å². The second-order valence-electron chi connectivity index (χ2n) is 4.84. The molecule has 106 valence electrons. The number of ether oxygens (including phenoxy) is 2. The molecule has 1 heterocycles. The van der Waals surface area contributed by atoms with Gasteiger partial charge < -0.3 is 9.47 Å². The molecule has 0 saturated heterocycles. The zero-order valence-electron chi connectivity index (χ0n) is 11.5. The van der Waals surface area contributed by atoms with Crippen LogP contribution in [0, 0.1) is 0 Å². The van der Waals surface area contributed by atoms with Gasteiger partial charge in [0.15, 0.2) is 5.60 Å². The van der Waals surface area contributed by atoms with Crippen LogP contribution in [-0.2, 0) is 27.5 Å². The van der Waals surface area contributed by atoms with E-state index in [0.717, 1.165) is 11.3 Å². The Bertz CT molecular complexity index is 538. The molecule has 0 aliphatic heterocycles. The molecule has 0 fully saturated rings. The largest absolute Gasteiger partial charge is 0.459 e. The molecule has 4 nitrogen and oxygen atoms in total. The van der Waals surface area contributed by atoms with Crippen LogP contribution < -0.4 is 0 Å². The van der Waals surface area contributed by atoms with Gasteiger partial charge in [0.25, 0.3) is 0 Å². The van der Waals surface area contributed by atoms with Gasteiger partial charge in [-0.05, 0) is 19.4 Å². The van der Waals surface area contributed by atoms with Crippen molar-refractivity contribution in [2.75, 3.05) is 0 Å². The third-order valence-electron chi connectivity index (χ3n) is 2.77. The fourth-order valence-corrected chi connectivity index (χ4v) is 2.06. The molecular formula is C15H17NO3S. The van der Waals surface area contributed by atoms with Gasteiger partial charge in [0.05, 0.1) is 17.8 Å². The molecule has 0 amide bonds. The van der Waals surface area contributed by atoms with E-state index >= 15 is 0 Å². The molecule has 0 atom stereocenters. The maximum atomic E-state index is 12.0. The van der Waals surface area contributed by atoms with E-state index < -0.39 is 5.60 Å². The van der Waals surface area contributed by atoms with Crippen LogP contribution in [0.1, 0.15) is 25.1 Å². The zero-order chi connectivity index (χ0) is 14.4. The Morgan fingerprint density at radius 1 is 1.25 bits per heavy atom. The number of carbonyl (C=O) groups is 1. The Hall–Kier alpha value is -1.72. The molecule has 0 bridgehead atoms. The van der Waals surface area contributed by atoms with Crippen LogP contribution in [-0.4, -0.2) is 16.6 Å². The molecule has 2 rings (SSSR count). The van der Waals surface area contributed by atoms with Crippen LogP contribution in [0.4, 0.5) is 0 Å². The minimum absolute atomic E-state index is 0.253. The molecule has 1 aromatic heterocycles. The lowest BCUT2D eigenvalue weighted by atomic mass is 10.1. The number of hydrogen-bond acceptors (Lipinski definition) is 5. The highest BCUT2D eigenvalue weighted by molar-refractivity contribution is 7.07. The summed E-state index contributed by atoms with van der Waals surface area (Å²) < 4.78 is 10.9. The summed E-state index contributed by atoms with van der Waals surface area (Å²) in [6, 6.07) is 9.57. The minimum atomic E-state index is -0.988. The van der Waals surface area contributed by atoms with Crippen molar-refractivity contribution in [3.8, 4) is 0 Å². The van der Waals surface area contributed by atoms with Gasteiger partial charge in [0.2, 0.25) is 0 Å². The number of hydrogen-bond donors (Lipinski definition) is 0. The zero-order valence-corrected chi connectivity index (χ0v) is 12.4. The summed E-state index contributed by atoms with van der Waals surface area (Å²) in [7, 11) is 0. The van der Waals surface area contributed by atoms with Gasteiger partial charge in [-0.2, -0.15) is 0 Å². The highest BCUT2D eigenvalue weighted by Gasteiger charge is 2.30. The van der Waals surface area contributed by atoms with Crippen molar-refractivity contribution < 1.29 is 14.3 Å². The molecule has 0 spiro atoms. The van der Waals surface area contributed by atoms with Crippen LogP contribution in [0.2, 0.25) is 0 Å². The summed E-state index contributed by atoms with van der Waals surface area (Å²) in [4.78, 5) is 16.1. The molecule has 0 aliphatic rings. The second kappa shape index (κ2) is 6.63.